The molecule has 0 saturated heterocycles. The molecule has 0 aromatic rings. The van der Waals surface area contributed by atoms with Gasteiger partial charge in [-0.2, -0.15) is 146 Å². The second-order valence-electron chi connectivity index (χ2n) is 13.7. The second kappa shape index (κ2) is 18.7. The Hall–Kier alpha value is -5.10. The Bertz CT molecular complexity index is 2120. The molecule has 2 aliphatic rings. The van der Waals surface area contributed by atoms with Crippen LogP contribution in [0, 0.1) is 0 Å². The van der Waals surface area contributed by atoms with E-state index in [4.69, 9.17) is 11.5 Å². The molecule has 0 saturated carbocycles. The summed E-state index contributed by atoms with van der Waals surface area (Å²) in [6.07, 6.45) is -24.0. The Kier molecular flexibility index (Phi) is 16.8. The van der Waals surface area contributed by atoms with Crippen molar-refractivity contribution in [2.24, 2.45) is 21.7 Å². The zero-order valence-electron chi connectivity index (χ0n) is 33.3. The Morgan fingerprint density at radius 1 is 0.444 bits per heavy atom. The number of likely N-dealkylation sites (N-methyl/N-ethyl adjacent to an activating group) is 2. The number of ether oxygens (including phenoxy) is 2. The highest BCUT2D eigenvalue weighted by Crippen LogP contribution is 2.65. The zero-order valence-corrected chi connectivity index (χ0v) is 33.3. The predicted octanol–water partition coefficient (Wildman–Crippen LogP) is 7.14. The number of alkyl halides is 32. The summed E-state index contributed by atoms with van der Waals surface area (Å²) in [5.41, 5.74) is -0.889. The molecule has 0 spiro atoms. The van der Waals surface area contributed by atoms with Crippen LogP contribution in [-0.4, -0.2) is 173 Å². The van der Waals surface area contributed by atoms with Crippen molar-refractivity contribution in [3.63, 3.8) is 0 Å². The lowest BCUT2D eigenvalue weighted by Crippen LogP contribution is -2.75. The van der Waals surface area contributed by atoms with Gasteiger partial charge in [0.05, 0.1) is 0 Å². The molecule has 12 nitrogen and oxygen atoms in total. The number of carbonyl (C=O) groups is 4. The SMILES string of the molecule is CCN1N=C(C(=O)OCC(F)(F)C(F)(F)C(F)(F)C(F)(F)C(F)(C(F)(F)F)C(F)(F)F)C(N)C1=O.CN1N=C(C(=O)OCC(F)(F)C(F)(F)C(F)(F)C(F)(F)C(F)(F)C(F)(F)C(F)(F)C(F)(F)F)C(N)C1=O. The highest BCUT2D eigenvalue weighted by atomic mass is 19.4. The third-order valence-electron chi connectivity index (χ3n) is 8.92. The monoisotopic (exact) mass is 1140 g/mol. The summed E-state index contributed by atoms with van der Waals surface area (Å²) in [5.74, 6) is -96.7. The molecule has 0 fully saturated rings. The van der Waals surface area contributed by atoms with Crippen molar-refractivity contribution < 1.29 is 169 Å². The second-order valence-corrected chi connectivity index (χ2v) is 13.7. The molecule has 4 N–H and O–H groups in total. The molecule has 2 aliphatic heterocycles. The summed E-state index contributed by atoms with van der Waals surface area (Å²) >= 11 is 0. The summed E-state index contributed by atoms with van der Waals surface area (Å²) in [4.78, 5) is 46.0. The maximum atomic E-state index is 13.7. The molecule has 420 valence electrons. The third kappa shape index (κ3) is 9.63. The smallest absolute Gasteiger partial charge is 0.454 e. The molecule has 0 radical (unpaired) electrons. The number of nitrogens with zero attached hydrogens (tertiary/aromatic N) is 4. The Balaban J connectivity index is 0.000000721. The number of carbonyl (C=O) groups excluding carboxylic acids is 4. The standard InChI is InChI=1S/C14H8F17N3O3.C14H10F15N3O3/c1-34-5(35)3(32)4(33-34)6(36)37-2-7(15,16)8(17,18)9(19,20)10(21,22)11(23,24)12(25,26)13(27,28)14(29,30)31;1-2-32-6(33)4(30)5(31-32)7(34)35-3-8(15,16)10(18,19)12(22,23)11(20,21)9(17,13(24,25)26)14(27,28)29/h3H,2,32H2,1H3;4H,2-3,30H2,1H3. The third-order valence-corrected chi connectivity index (χ3v) is 8.92. The van der Waals surface area contributed by atoms with Gasteiger partial charge in [-0.3, -0.25) is 9.59 Å². The maximum absolute atomic E-state index is 13.7. The molecule has 2 heterocycles. The van der Waals surface area contributed by atoms with E-state index in [9.17, 15) is 160 Å². The summed E-state index contributed by atoms with van der Waals surface area (Å²) in [6.45, 7) is -5.92. The number of hydrazone groups is 2. The molecule has 0 aromatic carbocycles. The van der Waals surface area contributed by atoms with Gasteiger partial charge in [0.1, 0.15) is 12.1 Å². The molecule has 0 bridgehead atoms. The minimum Gasteiger partial charge on any atom is -0.454 e. The van der Waals surface area contributed by atoms with Crippen LogP contribution in [0.1, 0.15) is 6.92 Å². The van der Waals surface area contributed by atoms with Crippen LogP contribution in [0.15, 0.2) is 10.2 Å². The first kappa shape index (κ1) is 64.9. The molecular formula is C28H18F32N6O6. The van der Waals surface area contributed by atoms with E-state index in [2.05, 4.69) is 19.7 Å². The summed E-state index contributed by atoms with van der Waals surface area (Å²) in [6, 6.07) is -4.18. The van der Waals surface area contributed by atoms with Gasteiger partial charge < -0.3 is 20.9 Å². The van der Waals surface area contributed by atoms with Crippen molar-refractivity contribution in [1.82, 2.24) is 10.0 Å². The van der Waals surface area contributed by atoms with Crippen LogP contribution in [0.2, 0.25) is 0 Å². The van der Waals surface area contributed by atoms with E-state index in [1.54, 1.807) is 0 Å². The minimum absolute atomic E-state index is 0.252. The van der Waals surface area contributed by atoms with Crippen LogP contribution in [0.4, 0.5) is 140 Å². The van der Waals surface area contributed by atoms with Crippen molar-refractivity contribution in [2.45, 2.75) is 108 Å². The van der Waals surface area contributed by atoms with Crippen LogP contribution in [0.5, 0.6) is 0 Å². The van der Waals surface area contributed by atoms with Crippen LogP contribution >= 0.6 is 0 Å². The summed E-state index contributed by atoms with van der Waals surface area (Å²) < 4.78 is 427. The van der Waals surface area contributed by atoms with Crippen LogP contribution in [0.3, 0.4) is 0 Å². The van der Waals surface area contributed by atoms with Crippen LogP contribution in [-0.2, 0) is 28.7 Å². The van der Waals surface area contributed by atoms with Crippen molar-refractivity contribution in [2.75, 3.05) is 26.8 Å². The van der Waals surface area contributed by atoms with Gasteiger partial charge in [-0.1, -0.05) is 0 Å². The molecule has 2 atom stereocenters. The first-order valence-electron chi connectivity index (χ1n) is 16.9. The van der Waals surface area contributed by atoms with Gasteiger partial charge in [0.2, 0.25) is 0 Å². The molecule has 44 heteroatoms. The molecule has 2 amide bonds. The Morgan fingerprint density at radius 3 is 0.986 bits per heavy atom. The lowest BCUT2D eigenvalue weighted by atomic mass is 9.86. The molecule has 0 aliphatic carbocycles. The number of hydrogen-bond donors (Lipinski definition) is 2. The number of hydrogen-bond acceptors (Lipinski definition) is 10. The van der Waals surface area contributed by atoms with E-state index < -0.39 is 150 Å². The Morgan fingerprint density at radius 2 is 0.722 bits per heavy atom. The maximum Gasteiger partial charge on any atom is 0.460 e. The fourth-order valence-corrected chi connectivity index (χ4v) is 4.67. The fraction of sp³-hybridized carbons (Fsp3) is 0.786. The van der Waals surface area contributed by atoms with Gasteiger partial charge >= 0.3 is 101 Å². The quantitative estimate of drug-likeness (QED) is 0.114. The van der Waals surface area contributed by atoms with Gasteiger partial charge in [-0.25, -0.2) is 24.0 Å². The van der Waals surface area contributed by atoms with Crippen molar-refractivity contribution in [3.05, 3.63) is 0 Å². The lowest BCUT2D eigenvalue weighted by Gasteiger charge is -2.43. The van der Waals surface area contributed by atoms with E-state index in [0.29, 0.717) is 5.01 Å². The average Bonchev–Trinajstić information content (AvgIpc) is 3.64. The van der Waals surface area contributed by atoms with E-state index in [0.717, 1.165) is 7.05 Å². The number of esters is 2. The lowest BCUT2D eigenvalue weighted by molar-refractivity contribution is -0.462. The molecule has 72 heavy (non-hydrogen) atoms. The van der Waals surface area contributed by atoms with Gasteiger partial charge in [-0.05, 0) is 6.92 Å². The highest BCUT2D eigenvalue weighted by molar-refractivity contribution is 6.44. The fourth-order valence-electron chi connectivity index (χ4n) is 4.67. The molecule has 0 aromatic heterocycles. The van der Waals surface area contributed by atoms with Gasteiger partial charge in [0, 0.05) is 13.6 Å². The van der Waals surface area contributed by atoms with Crippen molar-refractivity contribution in [1.29, 1.82) is 0 Å². The highest BCUT2D eigenvalue weighted by Gasteiger charge is 2.97. The van der Waals surface area contributed by atoms with Gasteiger partial charge in [0.25, 0.3) is 11.8 Å². The van der Waals surface area contributed by atoms with Crippen molar-refractivity contribution >= 4 is 35.2 Å². The first-order valence-corrected chi connectivity index (χ1v) is 16.9. The van der Waals surface area contributed by atoms with Crippen molar-refractivity contribution in [3.8, 4) is 0 Å². The number of rotatable bonds is 17. The van der Waals surface area contributed by atoms with Crippen LogP contribution < -0.4 is 11.5 Å². The number of halogens is 32. The first-order chi connectivity index (χ1) is 31.2. The number of amides is 2. The van der Waals surface area contributed by atoms with E-state index in [1.165, 1.54) is 6.92 Å². The minimum atomic E-state index is -8.77. The molecular weight excluding hydrogens is 1120 g/mol. The van der Waals surface area contributed by atoms with Gasteiger partial charge in [0.15, 0.2) is 24.6 Å². The predicted molar refractivity (Wildman–Crippen MR) is 159 cm³/mol. The zero-order chi connectivity index (χ0) is 58.2. The molecule has 2 rings (SSSR count). The topological polar surface area (TPSA) is 170 Å². The normalized spacial score (nSPS) is 19.3. The van der Waals surface area contributed by atoms with Crippen LogP contribution in [0.25, 0.3) is 0 Å². The largest absolute Gasteiger partial charge is 0.460 e. The average molecular weight is 1140 g/mol. The van der Waals surface area contributed by atoms with Gasteiger partial charge in [-0.15, -0.1) is 0 Å². The van der Waals surface area contributed by atoms with E-state index in [-0.39, 0.29) is 11.6 Å². The van der Waals surface area contributed by atoms with E-state index in [1.807, 2.05) is 0 Å². The van der Waals surface area contributed by atoms with E-state index >= 15 is 0 Å². The summed E-state index contributed by atoms with van der Waals surface area (Å²) in [7, 11) is 0.784. The Labute approximate surface area is 372 Å². The summed E-state index contributed by atoms with van der Waals surface area (Å²) in [5, 5.41) is 6.73. The number of nitrogens with two attached hydrogens (primary N) is 2. The molecule has 2 unspecified atom stereocenters.